The zero-order chi connectivity index (χ0) is 19.6. The molecule has 3 N–H and O–H groups in total. The van der Waals surface area contributed by atoms with Gasteiger partial charge in [0.1, 0.15) is 5.82 Å². The maximum atomic E-state index is 14.7. The number of amides is 2. The van der Waals surface area contributed by atoms with Crippen LogP contribution < -0.4 is 11.1 Å². The van der Waals surface area contributed by atoms with E-state index in [-0.39, 0.29) is 17.0 Å². The van der Waals surface area contributed by atoms with Crippen molar-refractivity contribution in [3.8, 4) is 16.8 Å². The van der Waals surface area contributed by atoms with Crippen molar-refractivity contribution in [3.05, 3.63) is 78.4 Å². The molecule has 0 unspecified atom stereocenters. The highest BCUT2D eigenvalue weighted by Gasteiger charge is 2.17. The predicted octanol–water partition coefficient (Wildman–Crippen LogP) is 3.21. The van der Waals surface area contributed by atoms with E-state index in [0.29, 0.717) is 22.6 Å². The van der Waals surface area contributed by atoms with Gasteiger partial charge in [0.25, 0.3) is 5.91 Å². The van der Waals surface area contributed by atoms with Crippen molar-refractivity contribution in [2.24, 2.45) is 5.73 Å². The number of benzene rings is 2. The van der Waals surface area contributed by atoms with Gasteiger partial charge >= 0.3 is 0 Å². The predicted molar refractivity (Wildman–Crippen MR) is 101 cm³/mol. The molecule has 27 heavy (non-hydrogen) atoms. The lowest BCUT2D eigenvalue weighted by atomic mass is 10.0. The summed E-state index contributed by atoms with van der Waals surface area (Å²) in [6.45, 7) is 5.16. The molecule has 2 amide bonds. The largest absolute Gasteiger partial charge is 0.366 e. The standard InChI is InChI=1S/C20H17FN4O2/c1-3-18(26)23-13-6-4-7-14(10-13)25-11-17(12(2)24-25)15-8-5-9-16(19(15)21)20(22)27/h3-11H,1H2,2H3,(H2,22,27)(H,23,26). The Labute approximate surface area is 155 Å². The van der Waals surface area contributed by atoms with Gasteiger partial charge in [-0.05, 0) is 37.3 Å². The Morgan fingerprint density at radius 3 is 2.67 bits per heavy atom. The highest BCUT2D eigenvalue weighted by molar-refractivity contribution is 5.99. The van der Waals surface area contributed by atoms with Gasteiger partial charge in [0.2, 0.25) is 5.91 Å². The summed E-state index contributed by atoms with van der Waals surface area (Å²) in [5, 5.41) is 7.09. The van der Waals surface area contributed by atoms with Crippen LogP contribution in [0.3, 0.4) is 0 Å². The van der Waals surface area contributed by atoms with Gasteiger partial charge in [-0.2, -0.15) is 5.10 Å². The number of halogens is 1. The fourth-order valence-electron chi connectivity index (χ4n) is 2.71. The number of nitrogens with one attached hydrogen (secondary N) is 1. The molecule has 0 aliphatic heterocycles. The minimum atomic E-state index is -0.829. The topological polar surface area (TPSA) is 90.0 Å². The van der Waals surface area contributed by atoms with E-state index < -0.39 is 11.7 Å². The Morgan fingerprint density at radius 2 is 1.96 bits per heavy atom. The molecule has 2 aromatic carbocycles. The monoisotopic (exact) mass is 364 g/mol. The van der Waals surface area contributed by atoms with Gasteiger partial charge in [0, 0.05) is 23.0 Å². The van der Waals surface area contributed by atoms with Crippen LogP contribution in [0.25, 0.3) is 16.8 Å². The third-order valence-electron chi connectivity index (χ3n) is 4.02. The fraction of sp³-hybridized carbons (Fsp3) is 0.0500. The van der Waals surface area contributed by atoms with E-state index in [1.807, 2.05) is 0 Å². The Bertz CT molecular complexity index is 1060. The van der Waals surface area contributed by atoms with Crippen molar-refractivity contribution in [2.75, 3.05) is 5.32 Å². The van der Waals surface area contributed by atoms with E-state index in [1.54, 1.807) is 54.2 Å². The minimum absolute atomic E-state index is 0.172. The van der Waals surface area contributed by atoms with E-state index in [4.69, 9.17) is 5.73 Å². The van der Waals surface area contributed by atoms with Gasteiger partial charge in [-0.1, -0.05) is 24.8 Å². The van der Waals surface area contributed by atoms with Crippen molar-refractivity contribution in [1.29, 1.82) is 0 Å². The van der Waals surface area contributed by atoms with Gasteiger partial charge in [-0.3, -0.25) is 9.59 Å². The minimum Gasteiger partial charge on any atom is -0.366 e. The number of hydrogen-bond donors (Lipinski definition) is 2. The van der Waals surface area contributed by atoms with Crippen LogP contribution in [0, 0.1) is 12.7 Å². The molecule has 0 aliphatic carbocycles. The molecule has 3 aromatic rings. The number of primary amides is 1. The molecule has 0 fully saturated rings. The molecule has 3 rings (SSSR count). The number of carbonyl (C=O) groups is 2. The number of aryl methyl sites for hydroxylation is 1. The molecule has 0 saturated heterocycles. The lowest BCUT2D eigenvalue weighted by molar-refractivity contribution is -0.111. The SMILES string of the molecule is C=CC(=O)Nc1cccc(-n2cc(-c3cccc(C(N)=O)c3F)c(C)n2)c1. The van der Waals surface area contributed by atoms with Crippen molar-refractivity contribution in [3.63, 3.8) is 0 Å². The number of nitrogens with two attached hydrogens (primary N) is 1. The fourth-order valence-corrected chi connectivity index (χ4v) is 2.71. The second-order valence-corrected chi connectivity index (χ2v) is 5.85. The van der Waals surface area contributed by atoms with Crippen LogP contribution in [0.15, 0.2) is 61.3 Å². The van der Waals surface area contributed by atoms with E-state index in [2.05, 4.69) is 17.0 Å². The van der Waals surface area contributed by atoms with Crippen LogP contribution in [0.2, 0.25) is 0 Å². The summed E-state index contributed by atoms with van der Waals surface area (Å²) >= 11 is 0. The molecule has 0 aliphatic rings. The van der Waals surface area contributed by atoms with Gasteiger partial charge in [0.05, 0.1) is 16.9 Å². The molecule has 1 heterocycles. The zero-order valence-corrected chi connectivity index (χ0v) is 14.6. The molecule has 7 heteroatoms. The summed E-state index contributed by atoms with van der Waals surface area (Å²) in [5.74, 6) is -1.83. The van der Waals surface area contributed by atoms with E-state index >= 15 is 0 Å². The molecular formula is C20H17FN4O2. The molecule has 0 saturated carbocycles. The first-order valence-corrected chi connectivity index (χ1v) is 8.09. The molecule has 0 spiro atoms. The van der Waals surface area contributed by atoms with Crippen LogP contribution >= 0.6 is 0 Å². The molecular weight excluding hydrogens is 347 g/mol. The summed E-state index contributed by atoms with van der Waals surface area (Å²) < 4.78 is 16.2. The third kappa shape index (κ3) is 3.62. The molecule has 0 radical (unpaired) electrons. The second-order valence-electron chi connectivity index (χ2n) is 5.85. The summed E-state index contributed by atoms with van der Waals surface area (Å²) in [7, 11) is 0. The van der Waals surface area contributed by atoms with Crippen molar-refractivity contribution >= 4 is 17.5 Å². The number of carbonyl (C=O) groups excluding carboxylic acids is 2. The Hall–Kier alpha value is -3.74. The van der Waals surface area contributed by atoms with Crippen LogP contribution in [-0.2, 0) is 4.79 Å². The lowest BCUT2D eigenvalue weighted by Crippen LogP contribution is -2.13. The Morgan fingerprint density at radius 1 is 1.22 bits per heavy atom. The van der Waals surface area contributed by atoms with Crippen LogP contribution in [0.4, 0.5) is 10.1 Å². The number of hydrogen-bond acceptors (Lipinski definition) is 3. The number of anilines is 1. The summed E-state index contributed by atoms with van der Waals surface area (Å²) in [6.07, 6.45) is 2.84. The smallest absolute Gasteiger partial charge is 0.251 e. The van der Waals surface area contributed by atoms with E-state index in [0.717, 1.165) is 0 Å². The zero-order valence-electron chi connectivity index (χ0n) is 14.6. The first kappa shape index (κ1) is 18.1. The second kappa shape index (κ2) is 7.25. The first-order valence-electron chi connectivity index (χ1n) is 8.09. The average molecular weight is 364 g/mol. The van der Waals surface area contributed by atoms with Crippen molar-refractivity contribution < 1.29 is 14.0 Å². The van der Waals surface area contributed by atoms with Gasteiger partial charge in [-0.15, -0.1) is 0 Å². The molecule has 6 nitrogen and oxygen atoms in total. The maximum Gasteiger partial charge on any atom is 0.251 e. The Balaban J connectivity index is 2.02. The average Bonchev–Trinajstić information content (AvgIpc) is 3.03. The van der Waals surface area contributed by atoms with Crippen molar-refractivity contribution in [1.82, 2.24) is 9.78 Å². The molecule has 0 atom stereocenters. The summed E-state index contributed by atoms with van der Waals surface area (Å²) in [4.78, 5) is 22.9. The van der Waals surface area contributed by atoms with Crippen LogP contribution in [0.1, 0.15) is 16.1 Å². The highest BCUT2D eigenvalue weighted by atomic mass is 19.1. The quantitative estimate of drug-likeness (QED) is 0.681. The lowest BCUT2D eigenvalue weighted by Gasteiger charge is -2.06. The molecule has 136 valence electrons. The van der Waals surface area contributed by atoms with Gasteiger partial charge < -0.3 is 11.1 Å². The van der Waals surface area contributed by atoms with Crippen LogP contribution in [-0.4, -0.2) is 21.6 Å². The normalized spacial score (nSPS) is 10.4. The molecule has 1 aromatic heterocycles. The third-order valence-corrected chi connectivity index (χ3v) is 4.02. The number of aromatic nitrogens is 2. The van der Waals surface area contributed by atoms with Crippen molar-refractivity contribution in [2.45, 2.75) is 6.92 Å². The first-order chi connectivity index (χ1) is 12.9. The summed E-state index contributed by atoms with van der Waals surface area (Å²) in [6, 6.07) is 11.5. The van der Waals surface area contributed by atoms with Gasteiger partial charge in [0.15, 0.2) is 0 Å². The summed E-state index contributed by atoms with van der Waals surface area (Å²) in [5.41, 5.74) is 7.67. The Kier molecular flexibility index (Phi) is 4.85. The van der Waals surface area contributed by atoms with E-state index in [9.17, 15) is 14.0 Å². The van der Waals surface area contributed by atoms with Gasteiger partial charge in [-0.25, -0.2) is 9.07 Å². The van der Waals surface area contributed by atoms with Crippen LogP contribution in [0.5, 0.6) is 0 Å². The maximum absolute atomic E-state index is 14.7. The van der Waals surface area contributed by atoms with E-state index in [1.165, 1.54) is 12.1 Å². The number of nitrogens with zero attached hydrogens (tertiary/aromatic N) is 2. The highest BCUT2D eigenvalue weighted by Crippen LogP contribution is 2.28. The molecule has 0 bridgehead atoms. The number of rotatable bonds is 5.